The van der Waals surface area contributed by atoms with E-state index in [1.807, 2.05) is 20.8 Å². The number of esters is 1. The average molecular weight is 423 g/mol. The van der Waals surface area contributed by atoms with Gasteiger partial charge in [0.15, 0.2) is 12.3 Å². The maximum atomic E-state index is 12.8. The van der Waals surface area contributed by atoms with E-state index in [1.54, 1.807) is 17.5 Å². The number of ether oxygens (including phenoxy) is 1. The zero-order chi connectivity index (χ0) is 21.6. The predicted molar refractivity (Wildman–Crippen MR) is 112 cm³/mol. The monoisotopic (exact) mass is 422 g/mol. The molecule has 9 nitrogen and oxygen atoms in total. The fourth-order valence-electron chi connectivity index (χ4n) is 2.73. The molecule has 0 radical (unpaired) electrons. The largest absolute Gasteiger partial charge is 0.451 e. The van der Waals surface area contributed by atoms with Gasteiger partial charge in [0.25, 0.3) is 11.5 Å². The van der Waals surface area contributed by atoms with Crippen molar-refractivity contribution in [1.29, 1.82) is 0 Å². The summed E-state index contributed by atoms with van der Waals surface area (Å²) >= 11 is 1.20. The number of nitrogen functional groups attached to an aromatic ring is 1. The lowest BCUT2D eigenvalue weighted by Gasteiger charge is -2.24. The van der Waals surface area contributed by atoms with E-state index in [1.165, 1.54) is 20.8 Å². The summed E-state index contributed by atoms with van der Waals surface area (Å²) < 4.78 is 6.33. The molecule has 158 valence electrons. The second-order valence-corrected chi connectivity index (χ2v) is 7.90. The fourth-order valence-corrected chi connectivity index (χ4v) is 3.35. The van der Waals surface area contributed by atoms with Gasteiger partial charge in [0.05, 0.1) is 0 Å². The van der Waals surface area contributed by atoms with Crippen molar-refractivity contribution in [3.05, 3.63) is 43.2 Å². The molecule has 2 aromatic heterocycles. The summed E-state index contributed by atoms with van der Waals surface area (Å²) in [7, 11) is 0. The molecule has 2 heterocycles. The van der Waals surface area contributed by atoms with Crippen LogP contribution in [0, 0.1) is 5.92 Å². The van der Waals surface area contributed by atoms with Gasteiger partial charge < -0.3 is 15.4 Å². The number of rotatable bonds is 9. The Labute approximate surface area is 172 Å². The van der Waals surface area contributed by atoms with Crippen LogP contribution in [-0.4, -0.2) is 34.6 Å². The van der Waals surface area contributed by atoms with Crippen LogP contribution in [0.3, 0.4) is 0 Å². The summed E-state index contributed by atoms with van der Waals surface area (Å²) in [6.45, 7) is 5.70. The topological polar surface area (TPSA) is 127 Å². The molecular weight excluding hydrogens is 396 g/mol. The first-order valence-corrected chi connectivity index (χ1v) is 10.3. The molecule has 0 aromatic carbocycles. The lowest BCUT2D eigenvalue weighted by molar-refractivity contribution is -0.121. The molecule has 0 saturated heterocycles. The number of H-pyrrole nitrogens is 1. The number of carbonyl (C=O) groups is 2. The third kappa shape index (κ3) is 5.57. The van der Waals surface area contributed by atoms with Gasteiger partial charge in [0.2, 0.25) is 0 Å². The molecule has 2 rings (SSSR count). The van der Waals surface area contributed by atoms with E-state index in [0.29, 0.717) is 11.3 Å². The van der Waals surface area contributed by atoms with Gasteiger partial charge in [-0.05, 0) is 23.8 Å². The first-order chi connectivity index (χ1) is 13.8. The van der Waals surface area contributed by atoms with Crippen molar-refractivity contribution in [3.8, 4) is 0 Å². The molecular formula is C19H26N4O5S. The Balaban J connectivity index is 2.33. The summed E-state index contributed by atoms with van der Waals surface area (Å²) in [6.07, 6.45) is 1.37. The van der Waals surface area contributed by atoms with E-state index < -0.39 is 29.7 Å². The SMILES string of the molecule is CCCCN(C(=O)COC(=O)c1cccs1)c1c(N)n(CC(C)C)c(=O)[nH]c1=O. The van der Waals surface area contributed by atoms with Gasteiger partial charge in [-0.3, -0.25) is 19.1 Å². The smallest absolute Gasteiger partial charge is 0.348 e. The summed E-state index contributed by atoms with van der Waals surface area (Å²) in [5.74, 6) is -1.19. The van der Waals surface area contributed by atoms with Gasteiger partial charge in [-0.1, -0.05) is 33.3 Å². The van der Waals surface area contributed by atoms with Crippen molar-refractivity contribution in [1.82, 2.24) is 9.55 Å². The molecule has 0 aliphatic carbocycles. The quantitative estimate of drug-likeness (QED) is 0.594. The number of aromatic amines is 1. The van der Waals surface area contributed by atoms with E-state index in [0.717, 1.165) is 6.42 Å². The van der Waals surface area contributed by atoms with Gasteiger partial charge in [-0.15, -0.1) is 11.3 Å². The molecule has 0 atom stereocenters. The number of thiophene rings is 1. The number of hydrogen-bond acceptors (Lipinski definition) is 7. The fraction of sp³-hybridized carbons (Fsp3) is 0.474. The van der Waals surface area contributed by atoms with Gasteiger partial charge in [0, 0.05) is 13.1 Å². The molecule has 2 aromatic rings. The van der Waals surface area contributed by atoms with Crippen molar-refractivity contribution in [2.45, 2.75) is 40.2 Å². The maximum absolute atomic E-state index is 12.8. The standard InChI is InChI=1S/C19H26N4O5S/c1-4-5-8-22(14(24)11-28-18(26)13-7-6-9-29-13)15-16(20)23(10-12(2)3)19(27)21-17(15)25/h6-7,9,12H,4-5,8,10-11,20H2,1-3H3,(H,21,25,27). The number of nitrogens with zero attached hydrogens (tertiary/aromatic N) is 2. The second-order valence-electron chi connectivity index (χ2n) is 6.95. The number of nitrogens with two attached hydrogens (primary N) is 1. The number of hydrogen-bond donors (Lipinski definition) is 2. The van der Waals surface area contributed by atoms with Gasteiger partial charge in [-0.25, -0.2) is 9.59 Å². The van der Waals surface area contributed by atoms with E-state index >= 15 is 0 Å². The van der Waals surface area contributed by atoms with E-state index in [9.17, 15) is 19.2 Å². The molecule has 0 spiro atoms. The number of amides is 1. The van der Waals surface area contributed by atoms with Crippen LogP contribution < -0.4 is 21.9 Å². The number of carbonyl (C=O) groups excluding carboxylic acids is 2. The Morgan fingerprint density at radius 2 is 2.07 bits per heavy atom. The van der Waals surface area contributed by atoms with Gasteiger partial charge >= 0.3 is 11.7 Å². The summed E-state index contributed by atoms with van der Waals surface area (Å²) in [4.78, 5) is 53.3. The molecule has 3 N–H and O–H groups in total. The van der Waals surface area contributed by atoms with Crippen LogP contribution in [0.1, 0.15) is 43.3 Å². The predicted octanol–water partition coefficient (Wildman–Crippen LogP) is 1.83. The summed E-state index contributed by atoms with van der Waals surface area (Å²) in [5, 5.41) is 1.73. The first-order valence-electron chi connectivity index (χ1n) is 9.39. The minimum atomic E-state index is -0.749. The molecule has 0 aliphatic rings. The third-order valence-electron chi connectivity index (χ3n) is 4.12. The van der Waals surface area contributed by atoms with Crippen LogP contribution in [0.5, 0.6) is 0 Å². The minimum absolute atomic E-state index is 0.0820. The molecule has 0 saturated carbocycles. The molecule has 0 fully saturated rings. The van der Waals surface area contributed by atoms with Crippen LogP contribution in [0.15, 0.2) is 27.1 Å². The van der Waals surface area contributed by atoms with Crippen LogP contribution in [0.2, 0.25) is 0 Å². The van der Waals surface area contributed by atoms with Crippen LogP contribution >= 0.6 is 11.3 Å². The van der Waals surface area contributed by atoms with Crippen LogP contribution in [-0.2, 0) is 16.1 Å². The third-order valence-corrected chi connectivity index (χ3v) is 4.97. The van der Waals surface area contributed by atoms with Crippen LogP contribution in [0.4, 0.5) is 11.5 Å². The lowest BCUT2D eigenvalue weighted by Crippen LogP contribution is -2.43. The first kappa shape index (κ1) is 22.4. The van der Waals surface area contributed by atoms with Crippen molar-refractivity contribution in [2.75, 3.05) is 23.8 Å². The van der Waals surface area contributed by atoms with E-state index in [-0.39, 0.29) is 30.5 Å². The molecule has 10 heteroatoms. The maximum Gasteiger partial charge on any atom is 0.348 e. The Morgan fingerprint density at radius 3 is 2.66 bits per heavy atom. The Bertz CT molecular complexity index is 962. The Kier molecular flexibility index (Phi) is 7.77. The highest BCUT2D eigenvalue weighted by Gasteiger charge is 2.25. The summed E-state index contributed by atoms with van der Waals surface area (Å²) in [5.41, 5.74) is 4.64. The van der Waals surface area contributed by atoms with Crippen molar-refractivity contribution >= 4 is 34.7 Å². The zero-order valence-electron chi connectivity index (χ0n) is 16.8. The number of unbranched alkanes of at least 4 members (excludes halogenated alkanes) is 1. The highest BCUT2D eigenvalue weighted by atomic mass is 32.1. The average Bonchev–Trinajstić information content (AvgIpc) is 3.20. The molecule has 29 heavy (non-hydrogen) atoms. The molecule has 0 unspecified atom stereocenters. The van der Waals surface area contributed by atoms with E-state index in [4.69, 9.17) is 10.5 Å². The van der Waals surface area contributed by atoms with Gasteiger partial charge in [0.1, 0.15) is 10.7 Å². The normalized spacial score (nSPS) is 10.9. The number of anilines is 2. The number of aromatic nitrogens is 2. The van der Waals surface area contributed by atoms with E-state index in [2.05, 4.69) is 4.98 Å². The van der Waals surface area contributed by atoms with Crippen molar-refractivity contribution in [2.24, 2.45) is 5.92 Å². The Hall–Kier alpha value is -2.88. The minimum Gasteiger partial charge on any atom is -0.451 e. The molecule has 1 amide bonds. The van der Waals surface area contributed by atoms with Crippen LogP contribution in [0.25, 0.3) is 0 Å². The highest BCUT2D eigenvalue weighted by Crippen LogP contribution is 2.19. The zero-order valence-corrected chi connectivity index (χ0v) is 17.6. The molecule has 0 aliphatic heterocycles. The number of nitrogens with one attached hydrogen (secondary N) is 1. The van der Waals surface area contributed by atoms with Gasteiger partial charge in [-0.2, -0.15) is 0 Å². The van der Waals surface area contributed by atoms with Crippen molar-refractivity contribution in [3.63, 3.8) is 0 Å². The highest BCUT2D eigenvalue weighted by molar-refractivity contribution is 7.11. The van der Waals surface area contributed by atoms with Crippen molar-refractivity contribution < 1.29 is 14.3 Å². The second kappa shape index (κ2) is 10.1. The Morgan fingerprint density at radius 1 is 1.34 bits per heavy atom. The lowest BCUT2D eigenvalue weighted by atomic mass is 10.2. The summed E-state index contributed by atoms with van der Waals surface area (Å²) in [6, 6.07) is 3.30. The molecule has 0 bridgehead atoms.